The highest BCUT2D eigenvalue weighted by molar-refractivity contribution is 5.00. The summed E-state index contributed by atoms with van der Waals surface area (Å²) in [6, 6.07) is 0.720. The highest BCUT2D eigenvalue weighted by Crippen LogP contribution is 2.49. The minimum atomic E-state index is 0.378. The molecule has 1 saturated carbocycles. The van der Waals surface area contributed by atoms with E-state index in [0.717, 1.165) is 12.6 Å². The molecule has 3 heteroatoms. The molecule has 0 radical (unpaired) electrons. The van der Waals surface area contributed by atoms with Crippen molar-refractivity contribution >= 4 is 0 Å². The van der Waals surface area contributed by atoms with Gasteiger partial charge in [-0.25, -0.2) is 0 Å². The van der Waals surface area contributed by atoms with Crippen LogP contribution in [0.5, 0.6) is 0 Å². The molecular formula is C19H36N2O. The molecule has 0 bridgehead atoms. The number of nitrogens with zero attached hydrogens (tertiary/aromatic N) is 2. The minimum Gasteiger partial charge on any atom is -0.378 e. The van der Waals surface area contributed by atoms with Crippen LogP contribution >= 0.6 is 0 Å². The van der Waals surface area contributed by atoms with Gasteiger partial charge in [0.05, 0.1) is 12.7 Å². The maximum Gasteiger partial charge on any atom is 0.0538 e. The van der Waals surface area contributed by atoms with Crippen molar-refractivity contribution in [3.8, 4) is 0 Å². The van der Waals surface area contributed by atoms with Crippen LogP contribution in [-0.2, 0) is 4.74 Å². The van der Waals surface area contributed by atoms with Crippen LogP contribution in [0, 0.1) is 10.8 Å². The summed E-state index contributed by atoms with van der Waals surface area (Å²) >= 11 is 0. The Hall–Kier alpha value is -0.120. The first kappa shape index (κ1) is 16.7. The number of piperidine rings is 1. The van der Waals surface area contributed by atoms with Crippen LogP contribution in [0.4, 0.5) is 0 Å². The fourth-order valence-corrected chi connectivity index (χ4v) is 4.43. The zero-order valence-electron chi connectivity index (χ0n) is 15.2. The van der Waals surface area contributed by atoms with Gasteiger partial charge in [0, 0.05) is 24.5 Å². The fraction of sp³-hybridized carbons (Fsp3) is 1.00. The zero-order valence-corrected chi connectivity index (χ0v) is 15.2. The van der Waals surface area contributed by atoms with E-state index >= 15 is 0 Å². The second kappa shape index (κ2) is 6.41. The number of likely N-dealkylation sites (tertiary alicyclic amines) is 2. The van der Waals surface area contributed by atoms with Crippen molar-refractivity contribution in [3.05, 3.63) is 0 Å². The lowest BCUT2D eigenvalue weighted by Gasteiger charge is -2.41. The third kappa shape index (κ3) is 3.85. The van der Waals surface area contributed by atoms with Gasteiger partial charge < -0.3 is 14.5 Å². The molecule has 0 aromatic heterocycles. The van der Waals surface area contributed by atoms with Crippen molar-refractivity contribution < 1.29 is 4.74 Å². The second-order valence-corrected chi connectivity index (χ2v) is 8.95. The van der Waals surface area contributed by atoms with Gasteiger partial charge in [0.2, 0.25) is 0 Å². The van der Waals surface area contributed by atoms with Crippen LogP contribution in [0.25, 0.3) is 0 Å². The maximum atomic E-state index is 5.92. The molecule has 0 unspecified atom stereocenters. The van der Waals surface area contributed by atoms with Crippen LogP contribution in [0.1, 0.15) is 59.8 Å². The topological polar surface area (TPSA) is 15.7 Å². The lowest BCUT2D eigenvalue weighted by atomic mass is 9.77. The van der Waals surface area contributed by atoms with Gasteiger partial charge in [0.15, 0.2) is 0 Å². The summed E-state index contributed by atoms with van der Waals surface area (Å²) in [7, 11) is 0. The molecule has 3 rings (SSSR count). The molecule has 0 N–H and O–H groups in total. The van der Waals surface area contributed by atoms with Crippen LogP contribution in [0.3, 0.4) is 0 Å². The highest BCUT2D eigenvalue weighted by atomic mass is 16.5. The molecule has 0 aromatic carbocycles. The highest BCUT2D eigenvalue weighted by Gasteiger charge is 2.48. The summed E-state index contributed by atoms with van der Waals surface area (Å²) in [6.07, 6.45) is 7.39. The first-order valence-corrected chi connectivity index (χ1v) is 9.50. The first-order chi connectivity index (χ1) is 10.4. The van der Waals surface area contributed by atoms with Crippen molar-refractivity contribution in [2.45, 2.75) is 71.9 Å². The normalized spacial score (nSPS) is 28.1. The molecule has 2 aliphatic heterocycles. The summed E-state index contributed by atoms with van der Waals surface area (Å²) in [5, 5.41) is 0. The Morgan fingerprint density at radius 1 is 0.909 bits per heavy atom. The zero-order chi connectivity index (χ0) is 15.8. The van der Waals surface area contributed by atoms with Gasteiger partial charge in [-0.05, 0) is 84.8 Å². The molecule has 3 nitrogen and oxygen atoms in total. The Kier molecular flexibility index (Phi) is 4.87. The van der Waals surface area contributed by atoms with E-state index < -0.39 is 0 Å². The van der Waals surface area contributed by atoms with E-state index in [9.17, 15) is 0 Å². The lowest BCUT2D eigenvalue weighted by molar-refractivity contribution is 0.0300. The lowest BCUT2D eigenvalue weighted by Crippen LogP contribution is -2.44. The number of rotatable bonds is 6. The van der Waals surface area contributed by atoms with Crippen molar-refractivity contribution in [3.63, 3.8) is 0 Å². The average Bonchev–Trinajstić information content (AvgIpc) is 3.13. The van der Waals surface area contributed by atoms with Crippen molar-refractivity contribution in [1.29, 1.82) is 0 Å². The molecule has 1 spiro atoms. The SMILES string of the molecule is CC(C)OCC1(CN2CCC3(CCN(C(C)C)CC3)C2)CC1. The average molecular weight is 309 g/mol. The molecule has 1 aliphatic carbocycles. The summed E-state index contributed by atoms with van der Waals surface area (Å²) in [6.45, 7) is 16.6. The number of hydrogen-bond donors (Lipinski definition) is 0. The Balaban J connectivity index is 1.47. The van der Waals surface area contributed by atoms with Gasteiger partial charge in [-0.2, -0.15) is 0 Å². The minimum absolute atomic E-state index is 0.378. The van der Waals surface area contributed by atoms with Crippen molar-refractivity contribution in [2.24, 2.45) is 10.8 Å². The molecule has 3 aliphatic rings. The van der Waals surface area contributed by atoms with Gasteiger partial charge in [0.25, 0.3) is 0 Å². The van der Waals surface area contributed by atoms with Gasteiger partial charge in [-0.1, -0.05) is 0 Å². The van der Waals surface area contributed by atoms with E-state index in [-0.39, 0.29) is 0 Å². The molecule has 2 heterocycles. The summed E-state index contributed by atoms with van der Waals surface area (Å²) < 4.78 is 5.92. The van der Waals surface area contributed by atoms with Crippen molar-refractivity contribution in [2.75, 3.05) is 39.3 Å². The van der Waals surface area contributed by atoms with Gasteiger partial charge >= 0.3 is 0 Å². The molecule has 2 saturated heterocycles. The van der Waals surface area contributed by atoms with Gasteiger partial charge in [-0.15, -0.1) is 0 Å². The molecule has 0 atom stereocenters. The fourth-order valence-electron chi connectivity index (χ4n) is 4.43. The second-order valence-electron chi connectivity index (χ2n) is 8.95. The van der Waals surface area contributed by atoms with Crippen LogP contribution in [0.15, 0.2) is 0 Å². The van der Waals surface area contributed by atoms with E-state index in [1.807, 2.05) is 0 Å². The monoisotopic (exact) mass is 308 g/mol. The largest absolute Gasteiger partial charge is 0.378 e. The molecular weight excluding hydrogens is 272 g/mol. The van der Waals surface area contributed by atoms with E-state index in [1.165, 1.54) is 64.8 Å². The Bertz CT molecular complexity index is 368. The first-order valence-electron chi connectivity index (χ1n) is 9.50. The van der Waals surface area contributed by atoms with Gasteiger partial charge in [0.1, 0.15) is 0 Å². The van der Waals surface area contributed by atoms with Gasteiger partial charge in [-0.3, -0.25) is 0 Å². The summed E-state index contributed by atoms with van der Waals surface area (Å²) in [5.41, 5.74) is 1.15. The molecule has 0 aromatic rings. The molecule has 128 valence electrons. The maximum absolute atomic E-state index is 5.92. The van der Waals surface area contributed by atoms with Crippen LogP contribution in [0.2, 0.25) is 0 Å². The Morgan fingerprint density at radius 3 is 2.09 bits per heavy atom. The van der Waals surface area contributed by atoms with Crippen LogP contribution in [-0.4, -0.2) is 61.3 Å². The Morgan fingerprint density at radius 2 is 1.55 bits per heavy atom. The van der Waals surface area contributed by atoms with Crippen LogP contribution < -0.4 is 0 Å². The molecule has 3 fully saturated rings. The van der Waals surface area contributed by atoms with Crippen molar-refractivity contribution in [1.82, 2.24) is 9.80 Å². The predicted molar refractivity (Wildman–Crippen MR) is 92.2 cm³/mol. The summed E-state index contributed by atoms with van der Waals surface area (Å²) in [4.78, 5) is 5.43. The molecule has 0 amide bonds. The van der Waals surface area contributed by atoms with E-state index in [0.29, 0.717) is 16.9 Å². The number of ether oxygens (including phenoxy) is 1. The third-order valence-electron chi connectivity index (χ3n) is 6.35. The molecule has 22 heavy (non-hydrogen) atoms. The third-order valence-corrected chi connectivity index (χ3v) is 6.35. The summed E-state index contributed by atoms with van der Waals surface area (Å²) in [5.74, 6) is 0. The van der Waals surface area contributed by atoms with E-state index in [4.69, 9.17) is 4.74 Å². The van der Waals surface area contributed by atoms with E-state index in [1.54, 1.807) is 0 Å². The number of hydrogen-bond acceptors (Lipinski definition) is 3. The standard InChI is InChI=1S/C19H36N2O/c1-16(2)21-11-8-18(9-12-21)7-10-20(13-18)14-19(5-6-19)15-22-17(3)4/h16-17H,5-15H2,1-4H3. The Labute approximate surface area is 137 Å². The predicted octanol–water partition coefficient (Wildman–Crippen LogP) is 3.39. The smallest absolute Gasteiger partial charge is 0.0538 e. The van der Waals surface area contributed by atoms with E-state index in [2.05, 4.69) is 37.5 Å². The quantitative estimate of drug-likeness (QED) is 0.748.